The van der Waals surface area contributed by atoms with E-state index in [1.165, 1.54) is 0 Å². The van der Waals surface area contributed by atoms with Gasteiger partial charge in [-0.15, -0.1) is 0 Å². The number of carbonyl (C=O) groups is 1. The SMILES string of the molecule is COc1ccccc1/C=C1\C(=O)Nc2ccc(C)cc21. The van der Waals surface area contributed by atoms with Gasteiger partial charge in [-0.2, -0.15) is 0 Å². The average Bonchev–Trinajstić information content (AvgIpc) is 2.76. The third-order valence-electron chi connectivity index (χ3n) is 3.40. The fourth-order valence-electron chi connectivity index (χ4n) is 2.39. The fraction of sp³-hybridized carbons (Fsp3) is 0.118. The first kappa shape index (κ1) is 12.5. The van der Waals surface area contributed by atoms with Gasteiger partial charge in [0.1, 0.15) is 5.75 Å². The molecule has 1 N–H and O–H groups in total. The first-order valence-corrected chi connectivity index (χ1v) is 6.46. The van der Waals surface area contributed by atoms with Crippen molar-refractivity contribution in [3.05, 3.63) is 59.2 Å². The number of aryl methyl sites for hydroxylation is 1. The maximum absolute atomic E-state index is 12.1. The molecular formula is C17H15NO2. The van der Waals surface area contributed by atoms with Crippen molar-refractivity contribution in [3.8, 4) is 5.75 Å². The van der Waals surface area contributed by atoms with Crippen LogP contribution in [0.4, 0.5) is 5.69 Å². The Labute approximate surface area is 117 Å². The molecule has 0 radical (unpaired) electrons. The minimum Gasteiger partial charge on any atom is -0.496 e. The minimum atomic E-state index is -0.0727. The smallest absolute Gasteiger partial charge is 0.256 e. The molecule has 2 aromatic carbocycles. The van der Waals surface area contributed by atoms with E-state index in [4.69, 9.17) is 4.74 Å². The Morgan fingerprint density at radius 1 is 1.15 bits per heavy atom. The van der Waals surface area contributed by atoms with Crippen LogP contribution >= 0.6 is 0 Å². The molecule has 0 unspecified atom stereocenters. The quantitative estimate of drug-likeness (QED) is 0.844. The van der Waals surface area contributed by atoms with Gasteiger partial charge in [0.2, 0.25) is 0 Å². The van der Waals surface area contributed by atoms with E-state index in [2.05, 4.69) is 5.32 Å². The Kier molecular flexibility index (Phi) is 3.03. The summed E-state index contributed by atoms with van der Waals surface area (Å²) in [6, 6.07) is 13.6. The highest BCUT2D eigenvalue weighted by Crippen LogP contribution is 2.34. The highest BCUT2D eigenvalue weighted by molar-refractivity contribution is 6.35. The average molecular weight is 265 g/mol. The van der Waals surface area contributed by atoms with Crippen molar-refractivity contribution < 1.29 is 9.53 Å². The normalized spacial score (nSPS) is 15.1. The number of amides is 1. The maximum atomic E-state index is 12.1. The van der Waals surface area contributed by atoms with Gasteiger partial charge < -0.3 is 10.1 Å². The molecule has 0 aliphatic carbocycles. The zero-order valence-corrected chi connectivity index (χ0v) is 11.4. The molecule has 1 aliphatic rings. The first-order valence-electron chi connectivity index (χ1n) is 6.46. The zero-order chi connectivity index (χ0) is 14.1. The van der Waals surface area contributed by atoms with E-state index in [1.807, 2.05) is 55.5 Å². The molecule has 3 heteroatoms. The lowest BCUT2D eigenvalue weighted by atomic mass is 10.0. The second kappa shape index (κ2) is 4.85. The van der Waals surface area contributed by atoms with Crippen LogP contribution in [0.25, 0.3) is 11.6 Å². The van der Waals surface area contributed by atoms with Crippen LogP contribution in [0.1, 0.15) is 16.7 Å². The number of hydrogen-bond acceptors (Lipinski definition) is 2. The summed E-state index contributed by atoms with van der Waals surface area (Å²) in [6.07, 6.45) is 1.87. The molecule has 0 aromatic heterocycles. The first-order chi connectivity index (χ1) is 9.69. The highest BCUT2D eigenvalue weighted by atomic mass is 16.5. The second-order valence-corrected chi connectivity index (χ2v) is 4.80. The Morgan fingerprint density at radius 3 is 2.75 bits per heavy atom. The Balaban J connectivity index is 2.13. The number of rotatable bonds is 2. The molecular weight excluding hydrogens is 250 g/mol. The van der Waals surface area contributed by atoms with Crippen LogP contribution in [-0.4, -0.2) is 13.0 Å². The van der Waals surface area contributed by atoms with Gasteiger partial charge in [0.05, 0.1) is 7.11 Å². The van der Waals surface area contributed by atoms with Crippen LogP contribution in [0.15, 0.2) is 42.5 Å². The third-order valence-corrected chi connectivity index (χ3v) is 3.40. The van der Waals surface area contributed by atoms with Crippen LogP contribution in [0.5, 0.6) is 5.75 Å². The van der Waals surface area contributed by atoms with Crippen LogP contribution in [0.3, 0.4) is 0 Å². The summed E-state index contributed by atoms with van der Waals surface area (Å²) in [6.45, 7) is 2.02. The molecule has 2 aromatic rings. The van der Waals surface area contributed by atoms with E-state index in [9.17, 15) is 4.79 Å². The number of anilines is 1. The Bertz CT molecular complexity index is 717. The number of carbonyl (C=O) groups excluding carboxylic acids is 1. The molecule has 0 atom stereocenters. The molecule has 0 bridgehead atoms. The predicted octanol–water partition coefficient (Wildman–Crippen LogP) is 3.50. The van der Waals surface area contributed by atoms with E-state index < -0.39 is 0 Å². The summed E-state index contributed by atoms with van der Waals surface area (Å²) in [7, 11) is 1.63. The number of para-hydroxylation sites is 1. The molecule has 100 valence electrons. The highest BCUT2D eigenvalue weighted by Gasteiger charge is 2.24. The number of benzene rings is 2. The van der Waals surface area contributed by atoms with Gasteiger partial charge >= 0.3 is 0 Å². The number of fused-ring (bicyclic) bond motifs is 1. The van der Waals surface area contributed by atoms with E-state index >= 15 is 0 Å². The number of ether oxygens (including phenoxy) is 1. The van der Waals surface area contributed by atoms with Crippen molar-refractivity contribution >= 4 is 23.2 Å². The number of hydrogen-bond donors (Lipinski definition) is 1. The monoisotopic (exact) mass is 265 g/mol. The van der Waals surface area contributed by atoms with Crippen molar-refractivity contribution in [2.75, 3.05) is 12.4 Å². The van der Waals surface area contributed by atoms with Gasteiger partial charge in [-0.3, -0.25) is 4.79 Å². The minimum absolute atomic E-state index is 0.0727. The summed E-state index contributed by atoms with van der Waals surface area (Å²) >= 11 is 0. The predicted molar refractivity (Wildman–Crippen MR) is 80.7 cm³/mol. The lowest BCUT2D eigenvalue weighted by Gasteiger charge is -2.05. The van der Waals surface area contributed by atoms with Gasteiger partial charge in [0.15, 0.2) is 0 Å². The largest absolute Gasteiger partial charge is 0.496 e. The molecule has 0 fully saturated rings. The summed E-state index contributed by atoms with van der Waals surface area (Å²) in [5.41, 5.74) is 4.51. The zero-order valence-electron chi connectivity index (χ0n) is 11.4. The van der Waals surface area contributed by atoms with Gasteiger partial charge in [-0.05, 0) is 31.2 Å². The standard InChI is InChI=1S/C17H15NO2/c1-11-7-8-15-13(9-11)14(17(19)18-15)10-12-5-3-4-6-16(12)20-2/h3-10H,1-2H3,(H,18,19)/b14-10-. The van der Waals surface area contributed by atoms with Crippen LogP contribution < -0.4 is 10.1 Å². The molecule has 20 heavy (non-hydrogen) atoms. The second-order valence-electron chi connectivity index (χ2n) is 4.80. The van der Waals surface area contributed by atoms with E-state index in [0.717, 1.165) is 28.1 Å². The molecule has 0 saturated heterocycles. The molecule has 3 rings (SSSR count). The van der Waals surface area contributed by atoms with E-state index in [-0.39, 0.29) is 5.91 Å². The van der Waals surface area contributed by atoms with E-state index in [0.29, 0.717) is 5.57 Å². The van der Waals surface area contributed by atoms with Crippen LogP contribution in [-0.2, 0) is 4.79 Å². The maximum Gasteiger partial charge on any atom is 0.256 e. The topological polar surface area (TPSA) is 38.3 Å². The van der Waals surface area contributed by atoms with Crippen molar-refractivity contribution in [1.82, 2.24) is 0 Å². The number of methoxy groups -OCH3 is 1. The van der Waals surface area contributed by atoms with Gasteiger partial charge in [-0.1, -0.05) is 29.8 Å². The van der Waals surface area contributed by atoms with E-state index in [1.54, 1.807) is 7.11 Å². The van der Waals surface area contributed by atoms with Crippen molar-refractivity contribution in [1.29, 1.82) is 0 Å². The van der Waals surface area contributed by atoms with Crippen molar-refractivity contribution in [2.24, 2.45) is 0 Å². The Morgan fingerprint density at radius 2 is 1.95 bits per heavy atom. The van der Waals surface area contributed by atoms with Crippen molar-refractivity contribution in [3.63, 3.8) is 0 Å². The lowest BCUT2D eigenvalue weighted by molar-refractivity contribution is -0.110. The number of nitrogens with one attached hydrogen (secondary N) is 1. The molecule has 1 aliphatic heterocycles. The van der Waals surface area contributed by atoms with Crippen molar-refractivity contribution in [2.45, 2.75) is 6.92 Å². The third kappa shape index (κ3) is 2.07. The lowest BCUT2D eigenvalue weighted by Crippen LogP contribution is -2.03. The fourth-order valence-corrected chi connectivity index (χ4v) is 2.39. The molecule has 0 saturated carbocycles. The summed E-state index contributed by atoms with van der Waals surface area (Å²) in [4.78, 5) is 12.1. The summed E-state index contributed by atoms with van der Waals surface area (Å²) in [5, 5.41) is 2.88. The molecule has 3 nitrogen and oxygen atoms in total. The Hall–Kier alpha value is -2.55. The van der Waals surface area contributed by atoms with Gasteiger partial charge in [0, 0.05) is 22.4 Å². The van der Waals surface area contributed by atoms with Gasteiger partial charge in [0.25, 0.3) is 5.91 Å². The summed E-state index contributed by atoms with van der Waals surface area (Å²) < 4.78 is 5.33. The van der Waals surface area contributed by atoms with Crippen LogP contribution in [0.2, 0.25) is 0 Å². The van der Waals surface area contributed by atoms with Gasteiger partial charge in [-0.25, -0.2) is 0 Å². The summed E-state index contributed by atoms with van der Waals surface area (Å²) in [5.74, 6) is 0.686. The van der Waals surface area contributed by atoms with Crippen LogP contribution in [0, 0.1) is 6.92 Å². The molecule has 1 amide bonds. The molecule has 0 spiro atoms. The molecule has 1 heterocycles.